The van der Waals surface area contributed by atoms with Gasteiger partial charge in [0.15, 0.2) is 0 Å². The maximum Gasteiger partial charge on any atom is 0.0240 e. The van der Waals surface area contributed by atoms with Crippen LogP contribution >= 0.6 is 0 Å². The molecule has 1 aliphatic rings. The van der Waals surface area contributed by atoms with Gasteiger partial charge in [-0.2, -0.15) is 0 Å². The second-order valence-corrected chi connectivity index (χ2v) is 5.00. The standard InChI is InChI=1S/C15H22N2/c1-12(15-7-5-4-6-8-15)11-17-13(2)9-16-10-14(17)3/h4-8,13-14,16H,1,9-11H2,2-3H3. The van der Waals surface area contributed by atoms with E-state index in [1.807, 2.05) is 6.07 Å². The van der Waals surface area contributed by atoms with Crippen LogP contribution in [0.15, 0.2) is 36.9 Å². The molecule has 0 amide bonds. The number of benzene rings is 1. The summed E-state index contributed by atoms with van der Waals surface area (Å²) >= 11 is 0. The predicted molar refractivity (Wildman–Crippen MR) is 74.0 cm³/mol. The topological polar surface area (TPSA) is 15.3 Å². The number of nitrogens with one attached hydrogen (secondary N) is 1. The first kappa shape index (κ1) is 12.3. The van der Waals surface area contributed by atoms with Crippen LogP contribution in [0.5, 0.6) is 0 Å². The van der Waals surface area contributed by atoms with Crippen molar-refractivity contribution in [2.24, 2.45) is 0 Å². The van der Waals surface area contributed by atoms with E-state index in [0.29, 0.717) is 12.1 Å². The van der Waals surface area contributed by atoms with E-state index >= 15 is 0 Å². The molecule has 2 rings (SSSR count). The van der Waals surface area contributed by atoms with Crippen LogP contribution in [0.4, 0.5) is 0 Å². The Kier molecular flexibility index (Phi) is 3.97. The lowest BCUT2D eigenvalue weighted by atomic mass is 10.0. The van der Waals surface area contributed by atoms with Crippen molar-refractivity contribution in [3.05, 3.63) is 42.5 Å². The molecule has 92 valence electrons. The van der Waals surface area contributed by atoms with Crippen LogP contribution in [0.25, 0.3) is 5.57 Å². The summed E-state index contributed by atoms with van der Waals surface area (Å²) < 4.78 is 0. The first-order valence-corrected chi connectivity index (χ1v) is 6.38. The molecule has 1 aromatic rings. The zero-order valence-electron chi connectivity index (χ0n) is 10.8. The van der Waals surface area contributed by atoms with E-state index in [2.05, 4.69) is 54.9 Å². The fourth-order valence-corrected chi connectivity index (χ4v) is 2.47. The number of hydrogen-bond donors (Lipinski definition) is 1. The van der Waals surface area contributed by atoms with Crippen molar-refractivity contribution in [2.45, 2.75) is 25.9 Å². The largest absolute Gasteiger partial charge is 0.314 e. The van der Waals surface area contributed by atoms with Gasteiger partial charge in [0, 0.05) is 31.7 Å². The van der Waals surface area contributed by atoms with Crippen LogP contribution in [0.1, 0.15) is 19.4 Å². The quantitative estimate of drug-likeness (QED) is 0.857. The molecule has 2 unspecified atom stereocenters. The number of piperazine rings is 1. The Labute approximate surface area is 104 Å². The first-order valence-electron chi connectivity index (χ1n) is 6.38. The zero-order chi connectivity index (χ0) is 12.3. The highest BCUT2D eigenvalue weighted by Gasteiger charge is 2.24. The third-order valence-electron chi connectivity index (χ3n) is 3.57. The number of nitrogens with zero attached hydrogens (tertiary/aromatic N) is 1. The van der Waals surface area contributed by atoms with Gasteiger partial charge in [-0.1, -0.05) is 36.9 Å². The van der Waals surface area contributed by atoms with Crippen molar-refractivity contribution in [3.63, 3.8) is 0 Å². The van der Waals surface area contributed by atoms with E-state index in [9.17, 15) is 0 Å². The minimum absolute atomic E-state index is 0.583. The van der Waals surface area contributed by atoms with Gasteiger partial charge in [0.05, 0.1) is 0 Å². The molecule has 0 spiro atoms. The molecule has 1 heterocycles. The molecule has 2 nitrogen and oxygen atoms in total. The summed E-state index contributed by atoms with van der Waals surface area (Å²) in [6, 6.07) is 11.6. The highest BCUT2D eigenvalue weighted by atomic mass is 15.2. The van der Waals surface area contributed by atoms with Crippen LogP contribution < -0.4 is 5.32 Å². The van der Waals surface area contributed by atoms with Crippen molar-refractivity contribution in [1.82, 2.24) is 10.2 Å². The van der Waals surface area contributed by atoms with Crippen LogP contribution in [-0.2, 0) is 0 Å². The zero-order valence-corrected chi connectivity index (χ0v) is 10.8. The molecule has 1 saturated heterocycles. The van der Waals surface area contributed by atoms with Crippen molar-refractivity contribution >= 4 is 5.57 Å². The van der Waals surface area contributed by atoms with Gasteiger partial charge in [0.2, 0.25) is 0 Å². The molecule has 0 aliphatic carbocycles. The van der Waals surface area contributed by atoms with E-state index in [0.717, 1.165) is 19.6 Å². The van der Waals surface area contributed by atoms with Crippen LogP contribution in [0.2, 0.25) is 0 Å². The molecule has 2 heteroatoms. The molecule has 1 aromatic carbocycles. The van der Waals surface area contributed by atoms with Gasteiger partial charge >= 0.3 is 0 Å². The number of rotatable bonds is 3. The van der Waals surface area contributed by atoms with E-state index < -0.39 is 0 Å². The van der Waals surface area contributed by atoms with Crippen molar-refractivity contribution in [2.75, 3.05) is 19.6 Å². The van der Waals surface area contributed by atoms with Crippen molar-refractivity contribution < 1.29 is 0 Å². The highest BCUT2D eigenvalue weighted by molar-refractivity contribution is 5.64. The van der Waals surface area contributed by atoms with Gasteiger partial charge < -0.3 is 5.32 Å². The lowest BCUT2D eigenvalue weighted by molar-refractivity contribution is 0.135. The Hall–Kier alpha value is -1.12. The summed E-state index contributed by atoms with van der Waals surface area (Å²) in [6.07, 6.45) is 0. The highest BCUT2D eigenvalue weighted by Crippen LogP contribution is 2.18. The molecule has 0 aromatic heterocycles. The maximum absolute atomic E-state index is 4.23. The summed E-state index contributed by atoms with van der Waals surface area (Å²) in [4.78, 5) is 2.53. The molecule has 0 saturated carbocycles. The van der Waals surface area contributed by atoms with Crippen molar-refractivity contribution in [1.29, 1.82) is 0 Å². The molecular formula is C15H22N2. The summed E-state index contributed by atoms with van der Waals surface area (Å²) in [5.41, 5.74) is 2.47. The molecular weight excluding hydrogens is 208 g/mol. The smallest absolute Gasteiger partial charge is 0.0240 e. The second kappa shape index (κ2) is 5.48. The van der Waals surface area contributed by atoms with E-state index in [1.54, 1.807) is 0 Å². The molecule has 1 N–H and O–H groups in total. The first-order chi connectivity index (χ1) is 8.18. The summed E-state index contributed by atoms with van der Waals surface area (Å²) in [7, 11) is 0. The van der Waals surface area contributed by atoms with Gasteiger partial charge in [0.1, 0.15) is 0 Å². The van der Waals surface area contributed by atoms with Crippen LogP contribution in [-0.4, -0.2) is 36.6 Å². The predicted octanol–water partition coefficient (Wildman–Crippen LogP) is 2.38. The molecule has 2 atom stereocenters. The summed E-state index contributed by atoms with van der Waals surface area (Å²) in [5, 5.41) is 3.46. The van der Waals surface area contributed by atoms with E-state index in [-0.39, 0.29) is 0 Å². The lowest BCUT2D eigenvalue weighted by Crippen LogP contribution is -2.55. The van der Waals surface area contributed by atoms with Crippen LogP contribution in [0, 0.1) is 0 Å². The summed E-state index contributed by atoms with van der Waals surface area (Å²) in [6.45, 7) is 11.9. The fraction of sp³-hybridized carbons (Fsp3) is 0.467. The van der Waals surface area contributed by atoms with Gasteiger partial charge in [-0.05, 0) is 25.0 Å². The maximum atomic E-state index is 4.23. The summed E-state index contributed by atoms with van der Waals surface area (Å²) in [5.74, 6) is 0. The SMILES string of the molecule is C=C(CN1C(C)CNCC1C)c1ccccc1. The fourth-order valence-electron chi connectivity index (χ4n) is 2.47. The average Bonchev–Trinajstić information content (AvgIpc) is 2.35. The monoisotopic (exact) mass is 230 g/mol. The molecule has 1 fully saturated rings. The molecule has 0 bridgehead atoms. The average molecular weight is 230 g/mol. The molecule has 0 radical (unpaired) electrons. The van der Waals surface area contributed by atoms with Crippen molar-refractivity contribution in [3.8, 4) is 0 Å². The van der Waals surface area contributed by atoms with E-state index in [1.165, 1.54) is 11.1 Å². The normalized spacial score (nSPS) is 25.8. The van der Waals surface area contributed by atoms with Gasteiger partial charge in [-0.15, -0.1) is 0 Å². The minimum atomic E-state index is 0.583. The molecule has 1 aliphatic heterocycles. The van der Waals surface area contributed by atoms with Gasteiger partial charge in [0.25, 0.3) is 0 Å². The third kappa shape index (κ3) is 2.96. The van der Waals surface area contributed by atoms with Crippen LogP contribution in [0.3, 0.4) is 0 Å². The Morgan fingerprint density at radius 2 is 1.82 bits per heavy atom. The van der Waals surface area contributed by atoms with Gasteiger partial charge in [-0.3, -0.25) is 4.90 Å². The van der Waals surface area contributed by atoms with Gasteiger partial charge in [-0.25, -0.2) is 0 Å². The third-order valence-corrected chi connectivity index (χ3v) is 3.57. The minimum Gasteiger partial charge on any atom is -0.314 e. The van der Waals surface area contributed by atoms with E-state index in [4.69, 9.17) is 0 Å². The second-order valence-electron chi connectivity index (χ2n) is 5.00. The molecule has 17 heavy (non-hydrogen) atoms. The Bertz CT molecular complexity index is 362. The Balaban J connectivity index is 2.03. The Morgan fingerprint density at radius 3 is 2.41 bits per heavy atom. The lowest BCUT2D eigenvalue weighted by Gasteiger charge is -2.39. The number of hydrogen-bond acceptors (Lipinski definition) is 2. The Morgan fingerprint density at radius 1 is 1.24 bits per heavy atom.